The molecule has 0 radical (unpaired) electrons. The molecule has 1 aromatic carbocycles. The van der Waals surface area contributed by atoms with E-state index in [4.69, 9.17) is 11.6 Å². The van der Waals surface area contributed by atoms with Crippen molar-refractivity contribution in [2.45, 2.75) is 38.1 Å². The van der Waals surface area contributed by atoms with Gasteiger partial charge >= 0.3 is 0 Å². The summed E-state index contributed by atoms with van der Waals surface area (Å²) in [6.45, 7) is 4.99. The normalized spacial score (nSPS) is 12.1. The van der Waals surface area contributed by atoms with Gasteiger partial charge in [-0.25, -0.2) is 13.4 Å². The first-order chi connectivity index (χ1) is 14.7. The minimum Gasteiger partial charge on any atom is -0.341 e. The first-order valence-electron chi connectivity index (χ1n) is 10.1. The Morgan fingerprint density at radius 2 is 1.90 bits per heavy atom. The zero-order chi connectivity index (χ0) is 22.8. The summed E-state index contributed by atoms with van der Waals surface area (Å²) in [5, 5.41) is 0. The largest absolute Gasteiger partial charge is 0.341 e. The fourth-order valence-corrected chi connectivity index (χ4v) is 6.11. The maximum absolute atomic E-state index is 12.8. The Balaban J connectivity index is 1.74. The molecule has 31 heavy (non-hydrogen) atoms. The lowest BCUT2D eigenvalue weighted by atomic mass is 10.2. The van der Waals surface area contributed by atoms with E-state index in [9.17, 15) is 13.2 Å². The number of hydrogen-bond donors (Lipinski definition) is 0. The van der Waals surface area contributed by atoms with Crippen LogP contribution in [-0.4, -0.2) is 53.2 Å². The van der Waals surface area contributed by atoms with E-state index in [1.54, 1.807) is 30.1 Å². The standard InChI is InChI=1S/C21H27ClN4O3S2/c1-5-26(6-2)31(28,29)16-8-9-18-17(13-16)23-20(25(18)4)11-12-21(27)24(3)14-15-7-10-19(22)30-15/h7-10,13H,5-6,11-12,14H2,1-4H3. The second kappa shape index (κ2) is 9.68. The Bertz CT molecular complexity index is 1180. The van der Waals surface area contributed by atoms with Crippen LogP contribution in [0.25, 0.3) is 11.0 Å². The average Bonchev–Trinajstić information content (AvgIpc) is 3.28. The number of carbonyl (C=O) groups is 1. The highest BCUT2D eigenvalue weighted by molar-refractivity contribution is 7.89. The third-order valence-electron chi connectivity index (χ3n) is 5.30. The molecule has 7 nitrogen and oxygen atoms in total. The van der Waals surface area contributed by atoms with E-state index in [1.807, 2.05) is 37.6 Å². The summed E-state index contributed by atoms with van der Waals surface area (Å²) < 4.78 is 29.7. The molecule has 0 bridgehead atoms. The molecule has 2 heterocycles. The van der Waals surface area contributed by atoms with Crippen LogP contribution in [0.4, 0.5) is 0 Å². The van der Waals surface area contributed by atoms with Crippen molar-refractivity contribution in [3.05, 3.63) is 45.4 Å². The van der Waals surface area contributed by atoms with Crippen molar-refractivity contribution in [2.24, 2.45) is 7.05 Å². The summed E-state index contributed by atoms with van der Waals surface area (Å²) in [6.07, 6.45) is 0.787. The van der Waals surface area contributed by atoms with Gasteiger partial charge in [0.05, 0.1) is 26.8 Å². The van der Waals surface area contributed by atoms with Crippen molar-refractivity contribution in [1.29, 1.82) is 0 Å². The topological polar surface area (TPSA) is 75.5 Å². The lowest BCUT2D eigenvalue weighted by molar-refractivity contribution is -0.130. The Morgan fingerprint density at radius 1 is 1.19 bits per heavy atom. The van der Waals surface area contributed by atoms with Gasteiger partial charge in [-0.1, -0.05) is 25.4 Å². The van der Waals surface area contributed by atoms with E-state index in [0.717, 1.165) is 16.2 Å². The predicted octanol–water partition coefficient (Wildman–Crippen LogP) is 3.91. The van der Waals surface area contributed by atoms with Crippen LogP contribution >= 0.6 is 22.9 Å². The molecule has 0 saturated heterocycles. The zero-order valence-electron chi connectivity index (χ0n) is 18.1. The first-order valence-corrected chi connectivity index (χ1v) is 12.7. The molecule has 1 amide bonds. The van der Waals surface area contributed by atoms with Gasteiger partial charge in [0.1, 0.15) is 5.82 Å². The molecule has 0 spiro atoms. The Morgan fingerprint density at radius 3 is 2.52 bits per heavy atom. The van der Waals surface area contributed by atoms with Crippen LogP contribution < -0.4 is 0 Å². The van der Waals surface area contributed by atoms with Crippen molar-refractivity contribution in [3.8, 4) is 0 Å². The third-order valence-corrected chi connectivity index (χ3v) is 8.56. The van der Waals surface area contributed by atoms with E-state index in [2.05, 4.69) is 4.98 Å². The fourth-order valence-electron chi connectivity index (χ4n) is 3.49. The van der Waals surface area contributed by atoms with Gasteiger partial charge in [0.25, 0.3) is 0 Å². The van der Waals surface area contributed by atoms with Crippen LogP contribution in [0.15, 0.2) is 35.2 Å². The Labute approximate surface area is 192 Å². The van der Waals surface area contributed by atoms with Crippen LogP contribution in [0, 0.1) is 0 Å². The van der Waals surface area contributed by atoms with E-state index < -0.39 is 10.0 Å². The molecular formula is C21H27ClN4O3S2. The maximum Gasteiger partial charge on any atom is 0.243 e. The number of aryl methyl sites for hydroxylation is 2. The van der Waals surface area contributed by atoms with Crippen LogP contribution in [0.5, 0.6) is 0 Å². The molecule has 10 heteroatoms. The number of carbonyl (C=O) groups excluding carboxylic acids is 1. The number of fused-ring (bicyclic) bond motifs is 1. The molecule has 2 aromatic heterocycles. The summed E-state index contributed by atoms with van der Waals surface area (Å²) in [5.74, 6) is 0.759. The molecule has 0 aliphatic rings. The predicted molar refractivity (Wildman–Crippen MR) is 125 cm³/mol. The molecular weight excluding hydrogens is 456 g/mol. The summed E-state index contributed by atoms with van der Waals surface area (Å²) >= 11 is 7.42. The van der Waals surface area contributed by atoms with E-state index in [1.165, 1.54) is 15.6 Å². The highest BCUT2D eigenvalue weighted by atomic mass is 35.5. The quantitative estimate of drug-likeness (QED) is 0.463. The lowest BCUT2D eigenvalue weighted by Crippen LogP contribution is -2.30. The number of sulfonamides is 1. The molecule has 0 saturated carbocycles. The second-order valence-corrected chi connectivity index (χ2v) is 11.0. The highest BCUT2D eigenvalue weighted by Crippen LogP contribution is 2.24. The zero-order valence-corrected chi connectivity index (χ0v) is 20.5. The Hall–Kier alpha value is -1.94. The molecule has 168 valence electrons. The number of amides is 1. The molecule has 0 atom stereocenters. The average molecular weight is 483 g/mol. The van der Waals surface area contributed by atoms with Gasteiger partial charge in [-0.05, 0) is 30.3 Å². The van der Waals surface area contributed by atoms with Crippen LogP contribution in [0.2, 0.25) is 4.34 Å². The van der Waals surface area contributed by atoms with Gasteiger partial charge < -0.3 is 9.47 Å². The van der Waals surface area contributed by atoms with Crippen LogP contribution in [0.3, 0.4) is 0 Å². The Kier molecular flexibility index (Phi) is 7.41. The summed E-state index contributed by atoms with van der Waals surface area (Å²) in [7, 11) is 0.107. The van der Waals surface area contributed by atoms with E-state index in [0.29, 0.717) is 42.3 Å². The molecule has 0 aliphatic heterocycles. The van der Waals surface area contributed by atoms with Gasteiger partial charge in [-0.15, -0.1) is 11.3 Å². The van der Waals surface area contributed by atoms with Gasteiger partial charge in [-0.3, -0.25) is 4.79 Å². The SMILES string of the molecule is CCN(CC)S(=O)(=O)c1ccc2c(c1)nc(CCC(=O)N(C)Cc1ccc(Cl)s1)n2C. The minimum atomic E-state index is -3.55. The maximum atomic E-state index is 12.8. The van der Waals surface area contributed by atoms with Crippen molar-refractivity contribution in [2.75, 3.05) is 20.1 Å². The molecule has 3 aromatic rings. The molecule has 0 N–H and O–H groups in total. The molecule has 0 unspecified atom stereocenters. The van der Waals surface area contributed by atoms with Crippen LogP contribution in [-0.2, 0) is 34.8 Å². The smallest absolute Gasteiger partial charge is 0.243 e. The molecule has 0 aliphatic carbocycles. The number of benzene rings is 1. The monoisotopic (exact) mass is 482 g/mol. The number of hydrogen-bond acceptors (Lipinski definition) is 5. The summed E-state index contributed by atoms with van der Waals surface area (Å²) in [4.78, 5) is 20.1. The number of rotatable bonds is 9. The fraction of sp³-hybridized carbons (Fsp3) is 0.429. The minimum absolute atomic E-state index is 0.0152. The van der Waals surface area contributed by atoms with Crippen molar-refractivity contribution < 1.29 is 13.2 Å². The molecule has 0 fully saturated rings. The summed E-state index contributed by atoms with van der Waals surface area (Å²) in [5.41, 5.74) is 1.45. The van der Waals surface area contributed by atoms with Gasteiger partial charge in [0.2, 0.25) is 15.9 Å². The number of imidazole rings is 1. The van der Waals surface area contributed by atoms with Crippen LogP contribution in [0.1, 0.15) is 31.0 Å². The van der Waals surface area contributed by atoms with E-state index >= 15 is 0 Å². The van der Waals surface area contributed by atoms with Crippen molar-refractivity contribution >= 4 is 49.9 Å². The highest BCUT2D eigenvalue weighted by Gasteiger charge is 2.23. The molecule has 3 rings (SSSR count). The number of halogens is 1. The number of nitrogens with zero attached hydrogens (tertiary/aromatic N) is 4. The van der Waals surface area contributed by atoms with Gasteiger partial charge in [0.15, 0.2) is 0 Å². The second-order valence-electron chi connectivity index (χ2n) is 7.28. The van der Waals surface area contributed by atoms with Crippen molar-refractivity contribution in [3.63, 3.8) is 0 Å². The first kappa shape index (κ1) is 23.7. The number of thiophene rings is 1. The van der Waals surface area contributed by atoms with Gasteiger partial charge in [0, 0.05) is 44.9 Å². The van der Waals surface area contributed by atoms with Crippen molar-refractivity contribution in [1.82, 2.24) is 18.8 Å². The van der Waals surface area contributed by atoms with E-state index in [-0.39, 0.29) is 10.8 Å². The summed E-state index contributed by atoms with van der Waals surface area (Å²) in [6, 6.07) is 8.75. The van der Waals surface area contributed by atoms with Gasteiger partial charge in [-0.2, -0.15) is 4.31 Å². The lowest BCUT2D eigenvalue weighted by Gasteiger charge is -2.18. The third kappa shape index (κ3) is 5.11. The number of aromatic nitrogens is 2.